The van der Waals surface area contributed by atoms with Crippen molar-refractivity contribution in [2.45, 2.75) is 19.4 Å². The van der Waals surface area contributed by atoms with Crippen molar-refractivity contribution in [2.24, 2.45) is 5.73 Å². The summed E-state index contributed by atoms with van der Waals surface area (Å²) >= 11 is 1.02. The molecule has 0 aliphatic heterocycles. The molecule has 1 aromatic rings. The van der Waals surface area contributed by atoms with E-state index in [0.717, 1.165) is 11.5 Å². The first-order chi connectivity index (χ1) is 5.74. The second-order valence-corrected chi connectivity index (χ2v) is 2.90. The van der Waals surface area contributed by atoms with Crippen LogP contribution in [-0.4, -0.2) is 26.7 Å². The van der Waals surface area contributed by atoms with E-state index in [-0.39, 0.29) is 5.91 Å². The lowest BCUT2D eigenvalue weighted by atomic mass is 10.2. The van der Waals surface area contributed by atoms with Gasteiger partial charge < -0.3 is 5.73 Å². The van der Waals surface area contributed by atoms with Crippen LogP contribution in [-0.2, 0) is 4.79 Å². The van der Waals surface area contributed by atoms with Crippen LogP contribution in [0.1, 0.15) is 13.3 Å². The Morgan fingerprint density at radius 1 is 1.83 bits per heavy atom. The summed E-state index contributed by atoms with van der Waals surface area (Å²) in [5.74, 6) is -0.254. The Labute approximate surface area is 73.3 Å². The Morgan fingerprint density at radius 3 is 3.08 bits per heavy atom. The molecule has 6 nitrogen and oxygen atoms in total. The topological polar surface area (TPSA) is 93.8 Å². The van der Waals surface area contributed by atoms with Crippen molar-refractivity contribution in [3.05, 3.63) is 0 Å². The highest BCUT2D eigenvalue weighted by Crippen LogP contribution is 2.04. The first-order valence-electron chi connectivity index (χ1n) is 3.45. The normalized spacial score (nSPS) is 12.5. The molecule has 0 saturated carbocycles. The molecule has 66 valence electrons. The van der Waals surface area contributed by atoms with E-state index in [4.69, 9.17) is 5.73 Å². The average molecular weight is 187 g/mol. The highest BCUT2D eigenvalue weighted by molar-refractivity contribution is 7.09. The number of nitrogens with one attached hydrogen (secondary N) is 1. The smallest absolute Gasteiger partial charge is 0.243 e. The van der Waals surface area contributed by atoms with Crippen molar-refractivity contribution in [3.8, 4) is 0 Å². The number of anilines is 1. The quantitative estimate of drug-likeness (QED) is 0.672. The van der Waals surface area contributed by atoms with Crippen LogP contribution < -0.4 is 11.1 Å². The number of nitrogens with zero attached hydrogens (tertiary/aromatic N) is 3. The summed E-state index contributed by atoms with van der Waals surface area (Å²) in [5, 5.41) is 9.74. The van der Waals surface area contributed by atoms with Gasteiger partial charge in [0.1, 0.15) is 0 Å². The molecule has 0 aromatic carbocycles. The van der Waals surface area contributed by atoms with Crippen molar-refractivity contribution < 1.29 is 4.79 Å². The SMILES string of the molecule is CCC(N)C(=O)Nc1nnns1. The van der Waals surface area contributed by atoms with Crippen molar-refractivity contribution >= 4 is 22.6 Å². The number of carbonyl (C=O) groups is 1. The monoisotopic (exact) mass is 187 g/mol. The molecule has 0 spiro atoms. The van der Waals surface area contributed by atoms with E-state index in [1.807, 2.05) is 6.92 Å². The first-order valence-corrected chi connectivity index (χ1v) is 4.23. The van der Waals surface area contributed by atoms with Gasteiger partial charge in [0.2, 0.25) is 11.0 Å². The maximum absolute atomic E-state index is 11.1. The van der Waals surface area contributed by atoms with Gasteiger partial charge in [0.05, 0.1) is 6.04 Å². The minimum absolute atomic E-state index is 0.254. The third-order valence-corrected chi connectivity index (χ3v) is 1.82. The zero-order valence-electron chi connectivity index (χ0n) is 6.52. The molecule has 0 aliphatic rings. The molecule has 12 heavy (non-hydrogen) atoms. The summed E-state index contributed by atoms with van der Waals surface area (Å²) in [4.78, 5) is 11.1. The second-order valence-electron chi connectivity index (χ2n) is 2.17. The Bertz CT molecular complexity index is 248. The van der Waals surface area contributed by atoms with E-state index in [9.17, 15) is 4.79 Å². The highest BCUT2D eigenvalue weighted by atomic mass is 32.1. The Kier molecular flexibility index (Phi) is 3.06. The number of hydrogen-bond acceptors (Lipinski definition) is 6. The van der Waals surface area contributed by atoms with Gasteiger partial charge in [0, 0.05) is 11.5 Å². The van der Waals surface area contributed by atoms with Crippen LogP contribution in [0.15, 0.2) is 0 Å². The number of hydrogen-bond donors (Lipinski definition) is 2. The lowest BCUT2D eigenvalue weighted by Gasteiger charge is -2.05. The zero-order valence-corrected chi connectivity index (χ0v) is 7.34. The molecule has 0 saturated heterocycles. The standard InChI is InChI=1S/C5H9N5OS/c1-2-3(6)4(11)7-5-8-9-10-12-5/h3H,2,6H2,1H3,(H,7,8,10,11). The Balaban J connectivity index is 2.47. The molecular formula is C5H9N5OS. The van der Waals surface area contributed by atoms with E-state index in [1.54, 1.807) is 0 Å². The second kappa shape index (κ2) is 4.07. The summed E-state index contributed by atoms with van der Waals surface area (Å²) in [6.07, 6.45) is 0.595. The van der Waals surface area contributed by atoms with Crippen molar-refractivity contribution in [1.29, 1.82) is 0 Å². The van der Waals surface area contributed by atoms with Crippen LogP contribution in [0.3, 0.4) is 0 Å². The predicted molar refractivity (Wildman–Crippen MR) is 44.6 cm³/mol. The van der Waals surface area contributed by atoms with Crippen LogP contribution >= 0.6 is 11.5 Å². The van der Waals surface area contributed by atoms with Gasteiger partial charge in [0.15, 0.2) is 0 Å². The van der Waals surface area contributed by atoms with Gasteiger partial charge in [0.25, 0.3) is 0 Å². The van der Waals surface area contributed by atoms with E-state index in [1.165, 1.54) is 0 Å². The molecule has 7 heteroatoms. The van der Waals surface area contributed by atoms with E-state index in [0.29, 0.717) is 11.6 Å². The maximum atomic E-state index is 11.1. The first kappa shape index (κ1) is 9.01. The molecule has 1 atom stereocenters. The fourth-order valence-electron chi connectivity index (χ4n) is 0.565. The Hall–Kier alpha value is -1.08. The number of carbonyl (C=O) groups excluding carboxylic acids is 1. The fraction of sp³-hybridized carbons (Fsp3) is 0.600. The molecule has 0 aliphatic carbocycles. The molecule has 0 radical (unpaired) electrons. The van der Waals surface area contributed by atoms with Crippen LogP contribution in [0.25, 0.3) is 0 Å². The number of rotatable bonds is 3. The van der Waals surface area contributed by atoms with Crippen LogP contribution in [0.4, 0.5) is 5.13 Å². The molecule has 0 fully saturated rings. The number of nitrogens with two attached hydrogens (primary N) is 1. The molecular weight excluding hydrogens is 178 g/mol. The molecule has 1 heterocycles. The third-order valence-electron chi connectivity index (χ3n) is 1.31. The van der Waals surface area contributed by atoms with Gasteiger partial charge in [-0.15, -0.1) is 0 Å². The zero-order chi connectivity index (χ0) is 8.97. The predicted octanol–water partition coefficient (Wildman–Crippen LogP) is -0.391. The molecule has 1 amide bonds. The summed E-state index contributed by atoms with van der Waals surface area (Å²) in [6, 6.07) is -0.492. The van der Waals surface area contributed by atoms with Crippen LogP contribution in [0.2, 0.25) is 0 Å². The van der Waals surface area contributed by atoms with Gasteiger partial charge in [-0.05, 0) is 11.6 Å². The molecule has 1 unspecified atom stereocenters. The fourth-order valence-corrected chi connectivity index (χ4v) is 0.935. The number of aromatic nitrogens is 3. The van der Waals surface area contributed by atoms with Gasteiger partial charge in [-0.2, -0.15) is 0 Å². The largest absolute Gasteiger partial charge is 0.320 e. The average Bonchev–Trinajstić information content (AvgIpc) is 2.55. The minimum atomic E-state index is -0.492. The van der Waals surface area contributed by atoms with Gasteiger partial charge in [-0.3, -0.25) is 10.1 Å². The van der Waals surface area contributed by atoms with E-state index in [2.05, 4.69) is 20.1 Å². The van der Waals surface area contributed by atoms with Gasteiger partial charge in [-0.1, -0.05) is 16.5 Å². The summed E-state index contributed by atoms with van der Waals surface area (Å²) in [5.41, 5.74) is 5.46. The van der Waals surface area contributed by atoms with Crippen LogP contribution in [0, 0.1) is 0 Å². The molecule has 3 N–H and O–H groups in total. The summed E-state index contributed by atoms with van der Waals surface area (Å²) in [6.45, 7) is 1.84. The highest BCUT2D eigenvalue weighted by Gasteiger charge is 2.12. The maximum Gasteiger partial charge on any atom is 0.243 e. The van der Waals surface area contributed by atoms with Crippen molar-refractivity contribution in [1.82, 2.24) is 14.8 Å². The summed E-state index contributed by atoms with van der Waals surface area (Å²) in [7, 11) is 0. The number of amides is 1. The van der Waals surface area contributed by atoms with E-state index >= 15 is 0 Å². The molecule has 1 rings (SSSR count). The van der Waals surface area contributed by atoms with Crippen molar-refractivity contribution in [2.75, 3.05) is 5.32 Å². The van der Waals surface area contributed by atoms with Crippen molar-refractivity contribution in [3.63, 3.8) is 0 Å². The lowest BCUT2D eigenvalue weighted by Crippen LogP contribution is -2.34. The summed E-state index contributed by atoms with van der Waals surface area (Å²) < 4.78 is 3.49. The molecule has 1 aromatic heterocycles. The lowest BCUT2D eigenvalue weighted by molar-refractivity contribution is -0.117. The van der Waals surface area contributed by atoms with Gasteiger partial charge >= 0.3 is 0 Å². The third kappa shape index (κ3) is 2.21. The van der Waals surface area contributed by atoms with Crippen LogP contribution in [0.5, 0.6) is 0 Å². The molecule has 0 bridgehead atoms. The van der Waals surface area contributed by atoms with E-state index < -0.39 is 6.04 Å². The van der Waals surface area contributed by atoms with Gasteiger partial charge in [-0.25, -0.2) is 0 Å². The minimum Gasteiger partial charge on any atom is -0.320 e. The Morgan fingerprint density at radius 2 is 2.58 bits per heavy atom.